The number of carbonyl (C=O) groups is 1. The maximum Gasteiger partial charge on any atom is 0.321 e. The van der Waals surface area contributed by atoms with E-state index in [1.807, 2.05) is 4.90 Å². The second-order valence-corrected chi connectivity index (χ2v) is 6.47. The number of anilines is 1. The zero-order valence-electron chi connectivity index (χ0n) is 13.1. The van der Waals surface area contributed by atoms with E-state index in [1.54, 1.807) is 12.1 Å². The third-order valence-electron chi connectivity index (χ3n) is 5.08. The lowest BCUT2D eigenvalue weighted by Gasteiger charge is -2.44. The molecule has 0 aromatic heterocycles. The predicted octanol–water partition coefficient (Wildman–Crippen LogP) is 2.59. The highest BCUT2D eigenvalue weighted by atomic mass is 16.6. The monoisotopic (exact) mass is 318 g/mol. The highest BCUT2D eigenvalue weighted by Crippen LogP contribution is 2.39. The summed E-state index contributed by atoms with van der Waals surface area (Å²) in [6.45, 7) is 3.64. The minimum absolute atomic E-state index is 0.0184. The Kier molecular flexibility index (Phi) is 4.47. The number of carbonyl (C=O) groups excluding carboxylic acids is 1. The van der Waals surface area contributed by atoms with Crippen molar-refractivity contribution in [2.45, 2.75) is 25.7 Å². The number of nitro groups is 1. The first-order valence-electron chi connectivity index (χ1n) is 8.09. The molecule has 0 bridgehead atoms. The lowest BCUT2D eigenvalue weighted by atomic mass is 9.72. The van der Waals surface area contributed by atoms with E-state index in [1.165, 1.54) is 25.0 Å². The number of benzene rings is 1. The molecular weight excluding hydrogens is 296 g/mol. The van der Waals surface area contributed by atoms with Crippen LogP contribution >= 0.6 is 0 Å². The number of hydrogen-bond acceptors (Lipinski definition) is 4. The third-order valence-corrected chi connectivity index (χ3v) is 5.08. The summed E-state index contributed by atoms with van der Waals surface area (Å²) in [5.41, 5.74) is 0.842. The highest BCUT2D eigenvalue weighted by Gasteiger charge is 2.36. The van der Waals surface area contributed by atoms with E-state index >= 15 is 0 Å². The SMILES string of the molecule is O=C(Nc1cccc([N+](=O)[O-])c1)N1CCC2(CCNCC2)CC1. The fraction of sp³-hybridized carbons (Fsp3) is 0.562. The summed E-state index contributed by atoms with van der Waals surface area (Å²) in [5.74, 6) is 0. The molecule has 23 heavy (non-hydrogen) atoms. The van der Waals surface area contributed by atoms with Gasteiger partial charge in [-0.15, -0.1) is 0 Å². The molecule has 124 valence electrons. The van der Waals surface area contributed by atoms with Gasteiger partial charge in [0.25, 0.3) is 5.69 Å². The van der Waals surface area contributed by atoms with Crippen molar-refractivity contribution in [3.8, 4) is 0 Å². The predicted molar refractivity (Wildman–Crippen MR) is 87.5 cm³/mol. The van der Waals surface area contributed by atoms with Gasteiger partial charge in [-0.05, 0) is 50.3 Å². The Morgan fingerprint density at radius 3 is 2.57 bits per heavy atom. The molecule has 7 nitrogen and oxygen atoms in total. The molecule has 2 heterocycles. The summed E-state index contributed by atoms with van der Waals surface area (Å²) in [5, 5.41) is 16.9. The summed E-state index contributed by atoms with van der Waals surface area (Å²) >= 11 is 0. The Morgan fingerprint density at radius 1 is 1.22 bits per heavy atom. The number of nitrogens with zero attached hydrogens (tertiary/aromatic N) is 2. The molecule has 2 N–H and O–H groups in total. The van der Waals surface area contributed by atoms with Crippen LogP contribution in [0.5, 0.6) is 0 Å². The minimum Gasteiger partial charge on any atom is -0.324 e. The van der Waals surface area contributed by atoms with Gasteiger partial charge in [0.2, 0.25) is 0 Å². The molecule has 2 fully saturated rings. The number of hydrogen-bond donors (Lipinski definition) is 2. The molecule has 3 rings (SSSR count). The Labute approximate surface area is 135 Å². The molecule has 0 saturated carbocycles. The average molecular weight is 318 g/mol. The Bertz CT molecular complexity index is 589. The second-order valence-electron chi connectivity index (χ2n) is 6.47. The van der Waals surface area contributed by atoms with Gasteiger partial charge in [0, 0.05) is 30.9 Å². The van der Waals surface area contributed by atoms with Crippen LogP contribution in [0.2, 0.25) is 0 Å². The van der Waals surface area contributed by atoms with Crippen molar-refractivity contribution in [1.29, 1.82) is 0 Å². The van der Waals surface area contributed by atoms with Crippen LogP contribution in [0, 0.1) is 15.5 Å². The van der Waals surface area contributed by atoms with Crippen molar-refractivity contribution in [3.63, 3.8) is 0 Å². The fourth-order valence-electron chi connectivity index (χ4n) is 3.54. The lowest BCUT2D eigenvalue weighted by molar-refractivity contribution is -0.384. The summed E-state index contributed by atoms with van der Waals surface area (Å²) in [4.78, 5) is 24.5. The van der Waals surface area contributed by atoms with Crippen LogP contribution in [-0.4, -0.2) is 42.0 Å². The lowest BCUT2D eigenvalue weighted by Crippen LogP contribution is -2.48. The number of urea groups is 1. The number of nitrogens with one attached hydrogen (secondary N) is 2. The van der Waals surface area contributed by atoms with Crippen LogP contribution in [-0.2, 0) is 0 Å². The first kappa shape index (κ1) is 15.7. The molecule has 2 aliphatic rings. The van der Waals surface area contributed by atoms with Crippen LogP contribution < -0.4 is 10.6 Å². The normalized spacial score (nSPS) is 20.3. The molecule has 0 atom stereocenters. The van der Waals surface area contributed by atoms with Gasteiger partial charge < -0.3 is 15.5 Å². The van der Waals surface area contributed by atoms with Gasteiger partial charge in [-0.3, -0.25) is 10.1 Å². The Balaban J connectivity index is 1.57. The molecular formula is C16H22N4O3. The number of rotatable bonds is 2. The zero-order valence-corrected chi connectivity index (χ0v) is 13.1. The summed E-state index contributed by atoms with van der Waals surface area (Å²) in [6.07, 6.45) is 4.45. The Morgan fingerprint density at radius 2 is 1.91 bits per heavy atom. The minimum atomic E-state index is -0.461. The maximum atomic E-state index is 12.4. The van der Waals surface area contributed by atoms with Crippen molar-refractivity contribution >= 4 is 17.4 Å². The van der Waals surface area contributed by atoms with Crippen molar-refractivity contribution in [2.24, 2.45) is 5.41 Å². The topological polar surface area (TPSA) is 87.5 Å². The summed E-state index contributed by atoms with van der Waals surface area (Å²) in [7, 11) is 0. The van der Waals surface area contributed by atoms with Gasteiger partial charge in [0.05, 0.1) is 4.92 Å². The van der Waals surface area contributed by atoms with Crippen molar-refractivity contribution in [1.82, 2.24) is 10.2 Å². The number of non-ortho nitro benzene ring substituents is 1. The van der Waals surface area contributed by atoms with Gasteiger partial charge in [-0.25, -0.2) is 4.79 Å². The van der Waals surface area contributed by atoms with E-state index in [4.69, 9.17) is 0 Å². The molecule has 7 heteroatoms. The number of amides is 2. The van der Waals surface area contributed by atoms with Crippen LogP contribution in [0.25, 0.3) is 0 Å². The smallest absolute Gasteiger partial charge is 0.321 e. The van der Waals surface area contributed by atoms with Crippen molar-refractivity contribution in [3.05, 3.63) is 34.4 Å². The maximum absolute atomic E-state index is 12.4. The quantitative estimate of drug-likeness (QED) is 0.648. The van der Waals surface area contributed by atoms with Gasteiger partial charge in [0.1, 0.15) is 0 Å². The van der Waals surface area contributed by atoms with E-state index in [0.717, 1.165) is 39.0 Å². The summed E-state index contributed by atoms with van der Waals surface area (Å²) < 4.78 is 0. The molecule has 2 saturated heterocycles. The largest absolute Gasteiger partial charge is 0.324 e. The zero-order chi connectivity index (χ0) is 16.3. The molecule has 2 amide bonds. The third kappa shape index (κ3) is 3.61. The van der Waals surface area contributed by atoms with Gasteiger partial charge >= 0.3 is 6.03 Å². The number of piperidine rings is 2. The molecule has 0 radical (unpaired) electrons. The van der Waals surface area contributed by atoms with Crippen molar-refractivity contribution < 1.29 is 9.72 Å². The molecule has 0 unspecified atom stereocenters. The van der Waals surface area contributed by atoms with E-state index in [0.29, 0.717) is 11.1 Å². The average Bonchev–Trinajstić information content (AvgIpc) is 2.56. The van der Waals surface area contributed by atoms with E-state index in [-0.39, 0.29) is 11.7 Å². The molecule has 2 aliphatic heterocycles. The van der Waals surface area contributed by atoms with Gasteiger partial charge in [-0.1, -0.05) is 6.07 Å². The fourth-order valence-corrected chi connectivity index (χ4v) is 3.54. The molecule has 1 aromatic carbocycles. The van der Waals surface area contributed by atoms with Gasteiger partial charge in [-0.2, -0.15) is 0 Å². The summed E-state index contributed by atoms with van der Waals surface area (Å²) in [6, 6.07) is 5.87. The first-order chi connectivity index (χ1) is 11.1. The molecule has 1 aromatic rings. The second kappa shape index (κ2) is 6.54. The van der Waals surface area contributed by atoms with E-state index in [9.17, 15) is 14.9 Å². The number of likely N-dealkylation sites (tertiary alicyclic amines) is 1. The standard InChI is InChI=1S/C16H22N4O3/c21-15(18-13-2-1-3-14(12-13)20(22)23)19-10-6-16(7-11-19)4-8-17-9-5-16/h1-3,12,17H,4-11H2,(H,18,21). The van der Waals surface area contributed by atoms with Crippen molar-refractivity contribution in [2.75, 3.05) is 31.5 Å². The molecule has 0 aliphatic carbocycles. The highest BCUT2D eigenvalue weighted by molar-refractivity contribution is 5.89. The van der Waals surface area contributed by atoms with Crippen LogP contribution in [0.4, 0.5) is 16.2 Å². The molecule has 1 spiro atoms. The van der Waals surface area contributed by atoms with Crippen LogP contribution in [0.15, 0.2) is 24.3 Å². The van der Waals surface area contributed by atoms with Gasteiger partial charge in [0.15, 0.2) is 0 Å². The van der Waals surface area contributed by atoms with Crippen LogP contribution in [0.3, 0.4) is 0 Å². The number of nitro benzene ring substituents is 1. The van der Waals surface area contributed by atoms with E-state index in [2.05, 4.69) is 10.6 Å². The van der Waals surface area contributed by atoms with Crippen LogP contribution in [0.1, 0.15) is 25.7 Å². The van der Waals surface area contributed by atoms with E-state index < -0.39 is 4.92 Å². The Hall–Kier alpha value is -2.15. The first-order valence-corrected chi connectivity index (χ1v) is 8.09.